The highest BCUT2D eigenvalue weighted by molar-refractivity contribution is 6.28. The highest BCUT2D eigenvalue weighted by Crippen LogP contribution is 2.23. The van der Waals surface area contributed by atoms with Crippen LogP contribution in [0, 0.1) is 5.41 Å². The highest BCUT2D eigenvalue weighted by Gasteiger charge is 2.16. The van der Waals surface area contributed by atoms with Crippen LogP contribution in [0.5, 0.6) is 11.6 Å². The maximum Gasteiger partial charge on any atom is 0.219 e. The third-order valence-corrected chi connectivity index (χ3v) is 3.08. The molecule has 0 aliphatic heterocycles. The fourth-order valence-electron chi connectivity index (χ4n) is 1.96. The van der Waals surface area contributed by atoms with Crippen molar-refractivity contribution in [3.63, 3.8) is 0 Å². The summed E-state index contributed by atoms with van der Waals surface area (Å²) in [6.45, 7) is 4.33. The Hall–Kier alpha value is -1.91. The minimum atomic E-state index is -0.727. The van der Waals surface area contributed by atoms with Crippen molar-refractivity contribution in [3.8, 4) is 11.6 Å². The first-order valence-electron chi connectivity index (χ1n) is 7.25. The van der Waals surface area contributed by atoms with E-state index in [-0.39, 0.29) is 0 Å². The molecule has 1 aromatic heterocycles. The summed E-state index contributed by atoms with van der Waals surface area (Å²) in [5.74, 6) is 1.23. The molecular formula is C18H19ClFNO2. The number of ether oxygens (including phenoxy) is 2. The molecule has 2 rings (SSSR count). The quantitative estimate of drug-likeness (QED) is 0.672. The predicted octanol–water partition coefficient (Wildman–Crippen LogP) is 5.47. The van der Waals surface area contributed by atoms with Crippen molar-refractivity contribution >= 4 is 11.6 Å². The molecule has 0 N–H and O–H groups in total. The predicted molar refractivity (Wildman–Crippen MR) is 89.2 cm³/mol. The summed E-state index contributed by atoms with van der Waals surface area (Å²) in [6.07, 6.45) is 1.33. The SMILES string of the molecule is CC(C)(/C=C(\F)Cl)COCc1cccc(Oc2ccccc2)n1. The average molecular weight is 336 g/mol. The zero-order valence-corrected chi connectivity index (χ0v) is 13.9. The first kappa shape index (κ1) is 17.4. The Bertz CT molecular complexity index is 655. The number of aromatic nitrogens is 1. The second-order valence-corrected chi connectivity index (χ2v) is 6.16. The normalized spacial score (nSPS) is 12.3. The van der Waals surface area contributed by atoms with Gasteiger partial charge in [0.15, 0.2) is 5.29 Å². The van der Waals surface area contributed by atoms with Gasteiger partial charge in [-0.25, -0.2) is 4.98 Å². The molecule has 0 amide bonds. The van der Waals surface area contributed by atoms with Crippen LogP contribution in [0.15, 0.2) is 59.9 Å². The molecule has 23 heavy (non-hydrogen) atoms. The van der Waals surface area contributed by atoms with Gasteiger partial charge in [-0.3, -0.25) is 0 Å². The van der Waals surface area contributed by atoms with Crippen LogP contribution in [-0.4, -0.2) is 11.6 Å². The third kappa shape index (κ3) is 6.38. The minimum absolute atomic E-state index is 0.313. The maximum atomic E-state index is 12.7. The second-order valence-electron chi connectivity index (χ2n) is 5.80. The number of halogens is 2. The van der Waals surface area contributed by atoms with Gasteiger partial charge in [0.05, 0.1) is 18.9 Å². The molecule has 0 fully saturated rings. The van der Waals surface area contributed by atoms with Crippen molar-refractivity contribution in [3.05, 3.63) is 65.6 Å². The Labute approximate surface area is 140 Å². The maximum absolute atomic E-state index is 12.7. The van der Waals surface area contributed by atoms with Crippen molar-refractivity contribution in [1.29, 1.82) is 0 Å². The summed E-state index contributed by atoms with van der Waals surface area (Å²) in [5.41, 5.74) is 0.258. The van der Waals surface area contributed by atoms with E-state index in [1.54, 1.807) is 6.07 Å². The molecular weight excluding hydrogens is 317 g/mol. The summed E-state index contributed by atoms with van der Waals surface area (Å²) >= 11 is 5.27. The van der Waals surface area contributed by atoms with E-state index >= 15 is 0 Å². The summed E-state index contributed by atoms with van der Waals surface area (Å²) in [5, 5.41) is -0.727. The standard InChI is InChI=1S/C18H19ClFNO2/c1-18(2,11-16(19)20)13-22-12-14-7-6-10-17(21-14)23-15-8-4-3-5-9-15/h3-11H,12-13H2,1-2H3/b16-11-. The van der Waals surface area contributed by atoms with Crippen LogP contribution in [0.3, 0.4) is 0 Å². The fourth-order valence-corrected chi connectivity index (χ4v) is 2.26. The van der Waals surface area contributed by atoms with E-state index in [1.807, 2.05) is 56.3 Å². The summed E-state index contributed by atoms with van der Waals surface area (Å²) in [7, 11) is 0. The van der Waals surface area contributed by atoms with Gasteiger partial charge in [-0.1, -0.05) is 49.7 Å². The van der Waals surface area contributed by atoms with Crippen LogP contribution in [0.25, 0.3) is 0 Å². The van der Waals surface area contributed by atoms with E-state index in [9.17, 15) is 4.39 Å². The third-order valence-electron chi connectivity index (χ3n) is 2.97. The van der Waals surface area contributed by atoms with Gasteiger partial charge in [-0.2, -0.15) is 4.39 Å². The van der Waals surface area contributed by atoms with Gasteiger partial charge in [-0.15, -0.1) is 0 Å². The molecule has 2 aromatic rings. The van der Waals surface area contributed by atoms with E-state index in [2.05, 4.69) is 4.98 Å². The van der Waals surface area contributed by atoms with Crippen molar-refractivity contribution in [2.45, 2.75) is 20.5 Å². The lowest BCUT2D eigenvalue weighted by atomic mass is 9.95. The lowest BCUT2D eigenvalue weighted by molar-refractivity contribution is 0.0690. The van der Waals surface area contributed by atoms with Gasteiger partial charge in [-0.05, 0) is 24.3 Å². The molecule has 122 valence electrons. The molecule has 0 aliphatic rings. The van der Waals surface area contributed by atoms with Crippen LogP contribution in [0.1, 0.15) is 19.5 Å². The highest BCUT2D eigenvalue weighted by atomic mass is 35.5. The Morgan fingerprint density at radius 3 is 2.61 bits per heavy atom. The topological polar surface area (TPSA) is 31.4 Å². The number of hydrogen-bond acceptors (Lipinski definition) is 3. The molecule has 1 heterocycles. The van der Waals surface area contributed by atoms with Gasteiger partial charge in [0.25, 0.3) is 0 Å². The monoisotopic (exact) mass is 335 g/mol. The molecule has 0 aliphatic carbocycles. The van der Waals surface area contributed by atoms with Crippen LogP contribution in [-0.2, 0) is 11.3 Å². The van der Waals surface area contributed by atoms with Crippen LogP contribution in [0.2, 0.25) is 0 Å². The molecule has 3 nitrogen and oxygen atoms in total. The Morgan fingerprint density at radius 2 is 1.91 bits per heavy atom. The van der Waals surface area contributed by atoms with Crippen LogP contribution < -0.4 is 4.74 Å². The van der Waals surface area contributed by atoms with Gasteiger partial charge in [0.1, 0.15) is 5.75 Å². The molecule has 0 saturated carbocycles. The molecule has 0 spiro atoms. The van der Waals surface area contributed by atoms with Crippen LogP contribution >= 0.6 is 11.6 Å². The van der Waals surface area contributed by atoms with Gasteiger partial charge in [0.2, 0.25) is 5.88 Å². The van der Waals surface area contributed by atoms with Crippen LogP contribution in [0.4, 0.5) is 4.39 Å². The molecule has 0 radical (unpaired) electrons. The molecule has 5 heteroatoms. The Balaban J connectivity index is 1.92. The van der Waals surface area contributed by atoms with Gasteiger partial charge >= 0.3 is 0 Å². The number of nitrogens with zero attached hydrogens (tertiary/aromatic N) is 1. The molecule has 0 saturated heterocycles. The smallest absolute Gasteiger partial charge is 0.219 e. The van der Waals surface area contributed by atoms with E-state index in [0.29, 0.717) is 19.1 Å². The molecule has 0 atom stereocenters. The number of hydrogen-bond donors (Lipinski definition) is 0. The first-order chi connectivity index (χ1) is 10.9. The minimum Gasteiger partial charge on any atom is -0.439 e. The van der Waals surface area contributed by atoms with E-state index in [1.165, 1.54) is 6.08 Å². The number of pyridine rings is 1. The fraction of sp³-hybridized carbons (Fsp3) is 0.278. The molecule has 1 aromatic carbocycles. The van der Waals surface area contributed by atoms with E-state index in [4.69, 9.17) is 21.1 Å². The number of para-hydroxylation sites is 1. The Kier molecular flexibility index (Phi) is 6.13. The lowest BCUT2D eigenvalue weighted by Gasteiger charge is -2.19. The summed E-state index contributed by atoms with van der Waals surface area (Å²) in [4.78, 5) is 4.39. The molecule has 0 bridgehead atoms. The number of benzene rings is 1. The van der Waals surface area contributed by atoms with E-state index in [0.717, 1.165) is 11.4 Å². The first-order valence-corrected chi connectivity index (χ1v) is 7.63. The Morgan fingerprint density at radius 1 is 1.17 bits per heavy atom. The van der Waals surface area contributed by atoms with Crippen molar-refractivity contribution in [1.82, 2.24) is 4.98 Å². The van der Waals surface area contributed by atoms with E-state index < -0.39 is 10.7 Å². The number of rotatable bonds is 7. The molecule has 0 unspecified atom stereocenters. The summed E-state index contributed by atoms with van der Waals surface area (Å²) < 4.78 is 24.0. The van der Waals surface area contributed by atoms with Crippen molar-refractivity contribution in [2.75, 3.05) is 6.61 Å². The van der Waals surface area contributed by atoms with Gasteiger partial charge in [0, 0.05) is 11.5 Å². The van der Waals surface area contributed by atoms with Crippen molar-refractivity contribution < 1.29 is 13.9 Å². The zero-order chi connectivity index (χ0) is 16.7. The van der Waals surface area contributed by atoms with Crippen molar-refractivity contribution in [2.24, 2.45) is 5.41 Å². The zero-order valence-electron chi connectivity index (χ0n) is 13.1. The second kappa shape index (κ2) is 8.09. The van der Waals surface area contributed by atoms with Gasteiger partial charge < -0.3 is 9.47 Å². The summed E-state index contributed by atoms with van der Waals surface area (Å²) in [6, 6.07) is 14.9. The largest absolute Gasteiger partial charge is 0.439 e. The average Bonchev–Trinajstić information content (AvgIpc) is 2.47. The lowest BCUT2D eigenvalue weighted by Crippen LogP contribution is -2.16.